The zero-order valence-corrected chi connectivity index (χ0v) is 17.5. The van der Waals surface area contributed by atoms with Gasteiger partial charge in [-0.25, -0.2) is 15.4 Å². The van der Waals surface area contributed by atoms with Crippen molar-refractivity contribution in [3.63, 3.8) is 0 Å². The zero-order chi connectivity index (χ0) is 21.5. The number of benzene rings is 1. The predicted octanol–water partition coefficient (Wildman–Crippen LogP) is 3.02. The van der Waals surface area contributed by atoms with Gasteiger partial charge in [0.25, 0.3) is 11.9 Å². The van der Waals surface area contributed by atoms with Crippen LogP contribution in [0, 0.1) is 6.92 Å². The van der Waals surface area contributed by atoms with Crippen molar-refractivity contribution in [3.05, 3.63) is 58.3 Å². The number of hydrogen-bond donors (Lipinski definition) is 3. The van der Waals surface area contributed by atoms with Gasteiger partial charge in [0.15, 0.2) is 10.9 Å². The lowest BCUT2D eigenvalue weighted by atomic mass is 10.1. The number of nitrogens with two attached hydrogens (primary N) is 2. The number of aromatic nitrogens is 2. The minimum Gasteiger partial charge on any atom is -0.460 e. The fraction of sp³-hybridized carbons (Fsp3) is 0.158. The quantitative estimate of drug-likeness (QED) is 0.207. The Balaban J connectivity index is 1.46. The summed E-state index contributed by atoms with van der Waals surface area (Å²) < 4.78 is 11.1. The minimum atomic E-state index is -0.349. The molecule has 0 atom stereocenters. The molecule has 0 bridgehead atoms. The van der Waals surface area contributed by atoms with Gasteiger partial charge in [-0.15, -0.1) is 0 Å². The maximum atomic E-state index is 11.9. The number of amides is 1. The van der Waals surface area contributed by atoms with Crippen LogP contribution in [0.1, 0.15) is 16.9 Å². The van der Waals surface area contributed by atoms with Crippen LogP contribution in [0.2, 0.25) is 5.02 Å². The van der Waals surface area contributed by atoms with Gasteiger partial charge >= 0.3 is 0 Å². The van der Waals surface area contributed by atoms with E-state index in [0.29, 0.717) is 21.9 Å². The van der Waals surface area contributed by atoms with E-state index >= 15 is 0 Å². The minimum absolute atomic E-state index is 0.0456. The van der Waals surface area contributed by atoms with Crippen molar-refractivity contribution in [3.8, 4) is 5.95 Å². The van der Waals surface area contributed by atoms with Crippen molar-refractivity contribution in [2.45, 2.75) is 18.7 Å². The van der Waals surface area contributed by atoms with Gasteiger partial charge in [-0.3, -0.25) is 4.79 Å². The molecule has 0 aliphatic heterocycles. The van der Waals surface area contributed by atoms with Crippen molar-refractivity contribution < 1.29 is 13.9 Å². The van der Waals surface area contributed by atoms with E-state index in [1.165, 1.54) is 12.3 Å². The zero-order valence-electron chi connectivity index (χ0n) is 16.0. The summed E-state index contributed by atoms with van der Waals surface area (Å²) in [6, 6.07) is 10.4. The highest BCUT2D eigenvalue weighted by atomic mass is 35.5. The van der Waals surface area contributed by atoms with Crippen LogP contribution < -0.4 is 21.6 Å². The van der Waals surface area contributed by atoms with Crippen LogP contribution in [0.5, 0.6) is 5.95 Å². The number of carbonyl (C=O) groups is 1. The molecule has 0 radical (unpaired) electrons. The Morgan fingerprint density at radius 2 is 2.07 bits per heavy atom. The highest BCUT2D eigenvalue weighted by molar-refractivity contribution is 7.99. The number of hydrogen-bond acceptors (Lipinski definition) is 9. The Bertz CT molecular complexity index is 1030. The van der Waals surface area contributed by atoms with Gasteiger partial charge in [-0.05, 0) is 24.6 Å². The van der Waals surface area contributed by atoms with Crippen LogP contribution in [0.3, 0.4) is 0 Å². The molecule has 30 heavy (non-hydrogen) atoms. The van der Waals surface area contributed by atoms with Crippen LogP contribution in [0.15, 0.2) is 51.1 Å². The van der Waals surface area contributed by atoms with Crippen molar-refractivity contribution in [2.75, 3.05) is 17.2 Å². The molecular weight excluding hydrogens is 428 g/mol. The van der Waals surface area contributed by atoms with Crippen molar-refractivity contribution in [2.24, 2.45) is 5.10 Å². The third kappa shape index (κ3) is 6.13. The highest BCUT2D eigenvalue weighted by Crippen LogP contribution is 2.23. The van der Waals surface area contributed by atoms with E-state index in [9.17, 15) is 4.79 Å². The topological polar surface area (TPSA) is 142 Å². The second kappa shape index (κ2) is 9.99. The van der Waals surface area contributed by atoms with E-state index < -0.39 is 0 Å². The van der Waals surface area contributed by atoms with Gasteiger partial charge in [-0.2, -0.15) is 5.10 Å². The number of nitrogens with one attached hydrogen (secondary N) is 1. The number of hydrazone groups is 1. The lowest BCUT2D eigenvalue weighted by Crippen LogP contribution is -2.19. The number of nitrogens with zero attached hydrogens (tertiary/aromatic N) is 3. The molecule has 0 aliphatic carbocycles. The molecule has 156 valence electrons. The second-order valence-electron chi connectivity index (χ2n) is 6.06. The standard InChI is InChI=1S/C19H19ClN6O3S/c1-11-3-2-4-14(20)13(11)9-28-18-6-5-12(29-18)8-23-26-17(27)10-30-19-24-15(21)7-16(22)25-19/h2-8H,9-10H2,1H3,(H,26,27)(H4,21,22,24,25)/b23-8+. The van der Waals surface area contributed by atoms with Gasteiger partial charge in [0.1, 0.15) is 18.2 Å². The average molecular weight is 447 g/mol. The Hall–Kier alpha value is -3.24. The molecule has 3 aromatic rings. The van der Waals surface area contributed by atoms with Gasteiger partial charge in [-0.1, -0.05) is 35.5 Å². The third-order valence-electron chi connectivity index (χ3n) is 3.77. The fourth-order valence-corrected chi connectivity index (χ4v) is 3.27. The fourth-order valence-electron chi connectivity index (χ4n) is 2.33. The molecule has 5 N–H and O–H groups in total. The Morgan fingerprint density at radius 3 is 2.80 bits per heavy atom. The van der Waals surface area contributed by atoms with Crippen molar-refractivity contribution in [1.29, 1.82) is 0 Å². The van der Waals surface area contributed by atoms with E-state index in [1.807, 2.05) is 25.1 Å². The maximum absolute atomic E-state index is 11.9. The molecule has 0 aliphatic rings. The summed E-state index contributed by atoms with van der Waals surface area (Å²) >= 11 is 7.28. The largest absolute Gasteiger partial charge is 0.460 e. The predicted molar refractivity (Wildman–Crippen MR) is 117 cm³/mol. The second-order valence-corrected chi connectivity index (χ2v) is 7.41. The van der Waals surface area contributed by atoms with Crippen LogP contribution in [-0.2, 0) is 11.4 Å². The molecule has 9 nitrogen and oxygen atoms in total. The Morgan fingerprint density at radius 1 is 1.30 bits per heavy atom. The van der Waals surface area contributed by atoms with E-state index in [4.69, 9.17) is 32.2 Å². The van der Waals surface area contributed by atoms with Crippen LogP contribution >= 0.6 is 23.4 Å². The number of furan rings is 1. The van der Waals surface area contributed by atoms with Gasteiger partial charge in [0.2, 0.25) is 0 Å². The van der Waals surface area contributed by atoms with Crippen molar-refractivity contribution in [1.82, 2.24) is 15.4 Å². The van der Waals surface area contributed by atoms with E-state index in [1.54, 1.807) is 12.1 Å². The number of thioether (sulfide) groups is 1. The van der Waals surface area contributed by atoms with Gasteiger partial charge < -0.3 is 20.6 Å². The maximum Gasteiger partial charge on any atom is 0.285 e. The molecule has 0 saturated carbocycles. The van der Waals surface area contributed by atoms with Gasteiger partial charge in [0.05, 0.1) is 12.0 Å². The molecule has 0 spiro atoms. The summed E-state index contributed by atoms with van der Waals surface area (Å²) in [5.74, 6) is 0.907. The van der Waals surface area contributed by atoms with Crippen LogP contribution in [0.4, 0.5) is 11.6 Å². The average Bonchev–Trinajstić information content (AvgIpc) is 3.13. The smallest absolute Gasteiger partial charge is 0.285 e. The third-order valence-corrected chi connectivity index (χ3v) is 4.97. The molecule has 1 aromatic carbocycles. The molecule has 0 fully saturated rings. The summed E-state index contributed by atoms with van der Waals surface area (Å²) in [5.41, 5.74) is 15.5. The molecule has 2 heterocycles. The molecule has 1 amide bonds. The number of nitrogen functional groups attached to an aromatic ring is 2. The van der Waals surface area contributed by atoms with Crippen LogP contribution in [-0.4, -0.2) is 27.8 Å². The summed E-state index contributed by atoms with van der Waals surface area (Å²) in [6.07, 6.45) is 1.37. The first-order chi connectivity index (χ1) is 14.4. The first-order valence-electron chi connectivity index (χ1n) is 8.72. The van der Waals surface area contributed by atoms with E-state index in [2.05, 4.69) is 20.5 Å². The van der Waals surface area contributed by atoms with Crippen molar-refractivity contribution >= 4 is 47.1 Å². The van der Waals surface area contributed by atoms with E-state index in [-0.39, 0.29) is 29.9 Å². The highest BCUT2D eigenvalue weighted by Gasteiger charge is 2.08. The first kappa shape index (κ1) is 21.5. The number of carbonyl (C=O) groups excluding carboxylic acids is 1. The Kier molecular flexibility index (Phi) is 7.15. The van der Waals surface area contributed by atoms with E-state index in [0.717, 1.165) is 22.9 Å². The van der Waals surface area contributed by atoms with Gasteiger partial charge in [0, 0.05) is 22.7 Å². The summed E-state index contributed by atoms with van der Waals surface area (Å²) in [4.78, 5) is 19.8. The van der Waals surface area contributed by atoms with Crippen LogP contribution in [0.25, 0.3) is 0 Å². The summed E-state index contributed by atoms with van der Waals surface area (Å²) in [7, 11) is 0. The first-order valence-corrected chi connectivity index (χ1v) is 10.1. The number of rotatable bonds is 8. The molecule has 0 unspecified atom stereocenters. The molecule has 3 rings (SSSR count). The Labute approximate surface area is 181 Å². The summed E-state index contributed by atoms with van der Waals surface area (Å²) in [6.45, 7) is 2.24. The monoisotopic (exact) mass is 446 g/mol. The lowest BCUT2D eigenvalue weighted by molar-refractivity contribution is -0.118. The number of aryl methyl sites for hydroxylation is 1. The normalized spacial score (nSPS) is 11.0. The molecular formula is C19H19ClN6O3S. The summed E-state index contributed by atoms with van der Waals surface area (Å²) in [5, 5.41) is 4.80. The SMILES string of the molecule is Cc1cccc(Cl)c1COc1ccc(/C=N/NC(=O)CSc2nc(N)cc(N)n2)o1. The number of halogens is 1. The number of anilines is 2. The lowest BCUT2D eigenvalue weighted by Gasteiger charge is -2.08. The number of ether oxygens (including phenoxy) is 1. The molecule has 2 aromatic heterocycles. The molecule has 11 heteroatoms. The molecule has 0 saturated heterocycles.